The first-order valence-corrected chi connectivity index (χ1v) is 10.2. The molecule has 1 atom stereocenters. The van der Waals surface area contributed by atoms with Crippen molar-refractivity contribution in [1.29, 1.82) is 0 Å². The van der Waals surface area contributed by atoms with E-state index in [0.29, 0.717) is 29.9 Å². The van der Waals surface area contributed by atoms with Crippen molar-refractivity contribution in [1.82, 2.24) is 9.55 Å². The second kappa shape index (κ2) is 8.20. The van der Waals surface area contributed by atoms with Crippen LogP contribution < -0.4 is 11.3 Å². The Kier molecular flexibility index (Phi) is 5.60. The number of aliphatic hydroxyl groups is 2. The van der Waals surface area contributed by atoms with Gasteiger partial charge in [-0.15, -0.1) is 0 Å². The van der Waals surface area contributed by atoms with Gasteiger partial charge >= 0.3 is 0 Å². The zero-order valence-electron chi connectivity index (χ0n) is 17.1. The molecule has 1 fully saturated rings. The molecular formula is C23H24FN3O4. The van der Waals surface area contributed by atoms with Crippen LogP contribution >= 0.6 is 0 Å². The predicted molar refractivity (Wildman–Crippen MR) is 113 cm³/mol. The average Bonchev–Trinajstić information content (AvgIpc) is 3.54. The van der Waals surface area contributed by atoms with Gasteiger partial charge < -0.3 is 20.5 Å². The van der Waals surface area contributed by atoms with Crippen LogP contribution in [0, 0.1) is 11.7 Å². The predicted octanol–water partition coefficient (Wildman–Crippen LogP) is 2.05. The number of pyridine rings is 2. The number of fused-ring (bicyclic) bond motifs is 1. The van der Waals surface area contributed by atoms with E-state index in [9.17, 15) is 24.2 Å². The topological polar surface area (TPSA) is 118 Å². The van der Waals surface area contributed by atoms with Crippen LogP contribution in [0.25, 0.3) is 11.0 Å². The minimum atomic E-state index is -1.79. The molecule has 1 saturated carbocycles. The van der Waals surface area contributed by atoms with Crippen molar-refractivity contribution in [2.24, 2.45) is 11.7 Å². The fourth-order valence-electron chi connectivity index (χ4n) is 3.89. The van der Waals surface area contributed by atoms with Crippen LogP contribution in [0.4, 0.5) is 4.39 Å². The molecule has 3 aromatic rings. The van der Waals surface area contributed by atoms with Gasteiger partial charge in [0.1, 0.15) is 11.4 Å². The lowest BCUT2D eigenvalue weighted by Crippen LogP contribution is -2.34. The molecule has 7 nitrogen and oxygen atoms in total. The lowest BCUT2D eigenvalue weighted by molar-refractivity contribution is -0.0559. The highest BCUT2D eigenvalue weighted by Gasteiger charge is 2.30. The molecule has 4 N–H and O–H groups in total. The minimum absolute atomic E-state index is 0.142. The lowest BCUT2D eigenvalue weighted by Gasteiger charge is -2.21. The number of aliphatic hydroxyl groups excluding tert-OH is 1. The van der Waals surface area contributed by atoms with E-state index in [1.165, 1.54) is 23.6 Å². The van der Waals surface area contributed by atoms with Gasteiger partial charge in [-0.2, -0.15) is 0 Å². The van der Waals surface area contributed by atoms with Crippen LogP contribution in [0.2, 0.25) is 0 Å². The summed E-state index contributed by atoms with van der Waals surface area (Å²) in [7, 11) is 0. The number of rotatable bonds is 7. The summed E-state index contributed by atoms with van der Waals surface area (Å²) in [6, 6.07) is 7.95. The zero-order chi connectivity index (χ0) is 22.3. The molecule has 1 unspecified atom stereocenters. The number of benzene rings is 1. The molecule has 0 bridgehead atoms. The summed E-state index contributed by atoms with van der Waals surface area (Å²) < 4.78 is 14.7. The molecule has 1 aliphatic carbocycles. The van der Waals surface area contributed by atoms with Crippen LogP contribution in [0.15, 0.2) is 41.3 Å². The van der Waals surface area contributed by atoms with Gasteiger partial charge in [0.05, 0.1) is 11.0 Å². The summed E-state index contributed by atoms with van der Waals surface area (Å²) in [5.74, 6) is -1.84. The number of hydrogen-bond donors (Lipinski definition) is 3. The third-order valence-corrected chi connectivity index (χ3v) is 5.81. The summed E-state index contributed by atoms with van der Waals surface area (Å²) in [6.45, 7) is 1.94. The van der Waals surface area contributed by atoms with Crippen LogP contribution in [0.1, 0.15) is 52.7 Å². The van der Waals surface area contributed by atoms with E-state index in [1.54, 1.807) is 18.3 Å². The highest BCUT2D eigenvalue weighted by molar-refractivity contribution is 5.98. The largest absolute Gasteiger partial charge is 0.368 e. The second-order valence-electron chi connectivity index (χ2n) is 8.23. The van der Waals surface area contributed by atoms with Crippen LogP contribution in [-0.2, 0) is 13.0 Å². The molecule has 1 aliphatic rings. The Labute approximate surface area is 178 Å². The fraction of sp³-hybridized carbons (Fsp3) is 0.348. The molecule has 0 radical (unpaired) electrons. The number of aromatic nitrogens is 2. The average molecular weight is 425 g/mol. The Bertz CT molecular complexity index is 1200. The van der Waals surface area contributed by atoms with Gasteiger partial charge in [-0.25, -0.2) is 4.39 Å². The van der Waals surface area contributed by atoms with Gasteiger partial charge in [-0.1, -0.05) is 19.1 Å². The molecule has 31 heavy (non-hydrogen) atoms. The van der Waals surface area contributed by atoms with Gasteiger partial charge in [-0.3, -0.25) is 14.6 Å². The maximum absolute atomic E-state index is 13.3. The van der Waals surface area contributed by atoms with E-state index >= 15 is 0 Å². The number of nitrogens with zero attached hydrogens (tertiary/aromatic N) is 2. The van der Waals surface area contributed by atoms with E-state index in [4.69, 9.17) is 5.73 Å². The fourth-order valence-corrected chi connectivity index (χ4v) is 3.89. The van der Waals surface area contributed by atoms with Crippen molar-refractivity contribution in [3.05, 3.63) is 75.0 Å². The first kappa shape index (κ1) is 21.1. The molecule has 4 rings (SSSR count). The van der Waals surface area contributed by atoms with Crippen molar-refractivity contribution in [2.45, 2.75) is 44.9 Å². The smallest absolute Gasteiger partial charge is 0.264 e. The van der Waals surface area contributed by atoms with Gasteiger partial charge in [0.15, 0.2) is 6.29 Å². The van der Waals surface area contributed by atoms with Crippen molar-refractivity contribution >= 4 is 16.9 Å². The molecular weight excluding hydrogens is 401 g/mol. The Balaban J connectivity index is 1.93. The third-order valence-electron chi connectivity index (χ3n) is 5.81. The van der Waals surface area contributed by atoms with Crippen LogP contribution in [-0.4, -0.2) is 32.0 Å². The maximum Gasteiger partial charge on any atom is 0.264 e. The highest BCUT2D eigenvalue weighted by Crippen LogP contribution is 2.33. The number of carbonyl (C=O) groups is 1. The summed E-state index contributed by atoms with van der Waals surface area (Å²) in [6.07, 6.45) is 2.29. The number of nitrogens with two attached hydrogens (primary N) is 1. The van der Waals surface area contributed by atoms with E-state index in [0.717, 1.165) is 24.0 Å². The van der Waals surface area contributed by atoms with Crippen molar-refractivity contribution in [3.8, 4) is 0 Å². The van der Waals surface area contributed by atoms with Crippen molar-refractivity contribution in [2.75, 3.05) is 0 Å². The van der Waals surface area contributed by atoms with E-state index in [-0.39, 0.29) is 16.9 Å². The van der Waals surface area contributed by atoms with Gasteiger partial charge in [-0.05, 0) is 54.5 Å². The van der Waals surface area contributed by atoms with Crippen LogP contribution in [0.3, 0.4) is 0 Å². The molecule has 8 heteroatoms. The Morgan fingerprint density at radius 3 is 2.52 bits per heavy atom. The van der Waals surface area contributed by atoms with Crippen molar-refractivity contribution in [3.63, 3.8) is 0 Å². The third kappa shape index (κ3) is 4.22. The molecule has 1 aromatic carbocycles. The summed E-state index contributed by atoms with van der Waals surface area (Å²) >= 11 is 0. The first-order valence-electron chi connectivity index (χ1n) is 10.2. The van der Waals surface area contributed by atoms with E-state index in [1.807, 2.05) is 6.07 Å². The number of carbonyl (C=O) groups excluding carboxylic acids is 1. The lowest BCUT2D eigenvalue weighted by atomic mass is 9.93. The molecule has 2 aromatic heterocycles. The Morgan fingerprint density at radius 1 is 1.26 bits per heavy atom. The number of amides is 1. The van der Waals surface area contributed by atoms with Gasteiger partial charge in [0.25, 0.3) is 11.5 Å². The van der Waals surface area contributed by atoms with E-state index < -0.39 is 23.7 Å². The Morgan fingerprint density at radius 2 is 1.94 bits per heavy atom. The Hall–Kier alpha value is -3.10. The number of hydrogen-bond acceptors (Lipinski definition) is 5. The van der Waals surface area contributed by atoms with E-state index in [2.05, 4.69) is 4.98 Å². The monoisotopic (exact) mass is 425 g/mol. The number of primary amides is 1. The van der Waals surface area contributed by atoms with Crippen molar-refractivity contribution < 1.29 is 19.4 Å². The SMILES string of the molecule is CC(c1c(C(N)=O)c(=O)n(CC2CC2)c2cc(Cc3ccc(F)cc3)cnc12)C(O)O. The quantitative estimate of drug-likeness (QED) is 0.501. The minimum Gasteiger partial charge on any atom is -0.368 e. The maximum atomic E-state index is 13.3. The first-order chi connectivity index (χ1) is 14.8. The molecule has 2 heterocycles. The van der Waals surface area contributed by atoms with Gasteiger partial charge in [0, 0.05) is 24.2 Å². The molecule has 1 amide bonds. The standard InChI is InChI=1S/C23H24FN3O4/c1-12(23(30)31)18-19(21(25)28)22(29)27(11-14-2-3-14)17-9-15(10-26-20(17)18)8-13-4-6-16(24)7-5-13/h4-7,9-10,12,14,23,30-31H,2-3,8,11H2,1H3,(H2,25,28). The molecule has 0 spiro atoms. The molecule has 0 aliphatic heterocycles. The second-order valence-corrected chi connectivity index (χ2v) is 8.23. The molecule has 0 saturated heterocycles. The summed E-state index contributed by atoms with van der Waals surface area (Å²) in [5.41, 5.74) is 7.42. The zero-order valence-corrected chi connectivity index (χ0v) is 17.1. The summed E-state index contributed by atoms with van der Waals surface area (Å²) in [5, 5.41) is 19.5. The number of halogens is 1. The van der Waals surface area contributed by atoms with Crippen LogP contribution in [0.5, 0.6) is 0 Å². The normalized spacial score (nSPS) is 14.9. The van der Waals surface area contributed by atoms with Gasteiger partial charge in [0.2, 0.25) is 0 Å². The molecule has 162 valence electrons. The summed E-state index contributed by atoms with van der Waals surface area (Å²) in [4.78, 5) is 30.0. The highest BCUT2D eigenvalue weighted by atomic mass is 19.1.